The lowest BCUT2D eigenvalue weighted by molar-refractivity contribution is 0.0696. The second kappa shape index (κ2) is 4.11. The Balaban J connectivity index is 3.54. The number of rotatable bonds is 3. The van der Waals surface area contributed by atoms with Crippen LogP contribution in [0.5, 0.6) is 0 Å². The zero-order chi connectivity index (χ0) is 12.5. The number of amides is 1. The van der Waals surface area contributed by atoms with Gasteiger partial charge >= 0.3 is 5.97 Å². The van der Waals surface area contributed by atoms with Crippen molar-refractivity contribution in [3.63, 3.8) is 0 Å². The number of hydrogen-bond acceptors (Lipinski definition) is 4. The van der Waals surface area contributed by atoms with E-state index in [1.165, 1.54) is 0 Å². The Morgan fingerprint density at radius 2 is 1.69 bits per heavy atom. The number of carbonyl (C=O) groups excluding carboxylic acids is 1. The minimum absolute atomic E-state index is 0.237. The lowest BCUT2D eigenvalue weighted by Crippen LogP contribution is -2.13. The Morgan fingerprint density at radius 1 is 1.19 bits per heavy atom. The third kappa shape index (κ3) is 2.71. The van der Waals surface area contributed by atoms with E-state index in [1.807, 2.05) is 0 Å². The number of primary amides is 1. The first-order valence-electron chi connectivity index (χ1n) is 3.84. The molecular weight excluding hydrogens is 258 g/mol. The Morgan fingerprint density at radius 3 is 2.06 bits per heavy atom. The van der Waals surface area contributed by atoms with E-state index in [2.05, 4.69) is 0 Å². The van der Waals surface area contributed by atoms with Crippen LogP contribution in [0.1, 0.15) is 20.7 Å². The molecule has 1 aromatic carbocycles. The van der Waals surface area contributed by atoms with Crippen molar-refractivity contribution in [3.8, 4) is 0 Å². The molecule has 0 unspecified atom stereocenters. The molecule has 0 aromatic heterocycles. The smallest absolute Gasteiger partial charge is 0.335 e. The number of carboxylic acid groups (broad SMARTS) is 1. The molecule has 0 bridgehead atoms. The molecule has 0 heterocycles. The van der Waals surface area contributed by atoms with Gasteiger partial charge in [-0.15, -0.1) is 0 Å². The summed E-state index contributed by atoms with van der Waals surface area (Å²) >= 11 is 0. The van der Waals surface area contributed by atoms with Crippen LogP contribution >= 0.6 is 10.7 Å². The molecule has 6 nitrogen and oxygen atoms in total. The molecule has 1 rings (SSSR count). The maximum Gasteiger partial charge on any atom is 0.335 e. The molecular formula is C8H6ClNO5S. The van der Waals surface area contributed by atoms with Gasteiger partial charge in [0.1, 0.15) is 0 Å². The highest BCUT2D eigenvalue weighted by atomic mass is 35.7. The topological polar surface area (TPSA) is 115 Å². The maximum atomic E-state index is 11.0. The van der Waals surface area contributed by atoms with E-state index in [0.717, 1.165) is 18.2 Å². The molecule has 0 atom stereocenters. The second-order valence-electron chi connectivity index (χ2n) is 2.85. The molecule has 0 aliphatic heterocycles. The SMILES string of the molecule is NC(=O)c1cc(C(=O)O)cc(S(=O)(=O)Cl)c1. The van der Waals surface area contributed by atoms with Crippen molar-refractivity contribution in [2.75, 3.05) is 0 Å². The third-order valence-electron chi connectivity index (χ3n) is 1.72. The predicted molar refractivity (Wildman–Crippen MR) is 55.0 cm³/mol. The van der Waals surface area contributed by atoms with Crippen molar-refractivity contribution < 1.29 is 23.1 Å². The van der Waals surface area contributed by atoms with E-state index < -0.39 is 25.8 Å². The number of halogens is 1. The van der Waals surface area contributed by atoms with Crippen molar-refractivity contribution >= 4 is 31.6 Å². The summed E-state index contributed by atoms with van der Waals surface area (Å²) in [4.78, 5) is 21.0. The molecule has 16 heavy (non-hydrogen) atoms. The second-order valence-corrected chi connectivity index (χ2v) is 5.42. The van der Waals surface area contributed by atoms with Gasteiger partial charge in [-0.05, 0) is 18.2 Å². The molecule has 0 aliphatic rings. The van der Waals surface area contributed by atoms with Gasteiger partial charge in [-0.3, -0.25) is 4.79 Å². The molecule has 0 fully saturated rings. The van der Waals surface area contributed by atoms with E-state index >= 15 is 0 Å². The number of benzene rings is 1. The summed E-state index contributed by atoms with van der Waals surface area (Å²) in [5.41, 5.74) is 4.31. The highest BCUT2D eigenvalue weighted by Gasteiger charge is 2.17. The average molecular weight is 264 g/mol. The summed E-state index contributed by atoms with van der Waals surface area (Å²) < 4.78 is 22.0. The Bertz CT molecular complexity index is 534. The summed E-state index contributed by atoms with van der Waals surface area (Å²) in [6, 6.07) is 2.73. The molecule has 0 aliphatic carbocycles. The van der Waals surface area contributed by atoms with Gasteiger partial charge in [0.15, 0.2) is 0 Å². The van der Waals surface area contributed by atoms with Gasteiger partial charge in [-0.25, -0.2) is 13.2 Å². The van der Waals surface area contributed by atoms with Gasteiger partial charge in [-0.2, -0.15) is 0 Å². The van der Waals surface area contributed by atoms with Crippen LogP contribution in [0, 0.1) is 0 Å². The zero-order valence-corrected chi connectivity index (χ0v) is 9.25. The van der Waals surface area contributed by atoms with Crippen molar-refractivity contribution in [3.05, 3.63) is 29.3 Å². The standard InChI is InChI=1S/C8H6ClNO5S/c9-16(14,15)6-2-4(7(10)11)1-5(3-6)8(12)13/h1-3H,(H2,10,11)(H,12,13). The average Bonchev–Trinajstić information content (AvgIpc) is 2.15. The first-order valence-corrected chi connectivity index (χ1v) is 6.15. The molecule has 0 saturated carbocycles. The Labute approximate surface area is 95.1 Å². The van der Waals surface area contributed by atoms with Crippen molar-refractivity contribution in [2.45, 2.75) is 4.90 Å². The summed E-state index contributed by atoms with van der Waals surface area (Å²) in [6.45, 7) is 0. The highest BCUT2D eigenvalue weighted by molar-refractivity contribution is 8.13. The minimum atomic E-state index is -4.11. The van der Waals surface area contributed by atoms with Crippen LogP contribution in [-0.2, 0) is 9.05 Å². The Hall–Kier alpha value is -1.60. The highest BCUT2D eigenvalue weighted by Crippen LogP contribution is 2.19. The van der Waals surface area contributed by atoms with Crippen LogP contribution in [0.3, 0.4) is 0 Å². The third-order valence-corrected chi connectivity index (χ3v) is 3.05. The first-order chi connectivity index (χ1) is 7.21. The van der Waals surface area contributed by atoms with Crippen molar-refractivity contribution in [1.29, 1.82) is 0 Å². The maximum absolute atomic E-state index is 11.0. The Kier molecular flexibility index (Phi) is 3.20. The van der Waals surface area contributed by atoms with Crippen LogP contribution in [0.15, 0.2) is 23.1 Å². The number of aromatic carboxylic acids is 1. The van der Waals surface area contributed by atoms with Gasteiger partial charge in [0, 0.05) is 16.2 Å². The summed E-state index contributed by atoms with van der Waals surface area (Å²) in [6.07, 6.45) is 0. The quantitative estimate of drug-likeness (QED) is 0.767. The fraction of sp³-hybridized carbons (Fsp3) is 0. The number of hydrogen-bond donors (Lipinski definition) is 2. The van der Waals surface area contributed by atoms with Gasteiger partial charge in [0.25, 0.3) is 9.05 Å². The number of carbonyl (C=O) groups is 2. The normalized spacial score (nSPS) is 11.1. The van der Waals surface area contributed by atoms with Crippen LogP contribution < -0.4 is 5.73 Å². The van der Waals surface area contributed by atoms with Crippen LogP contribution in [0.4, 0.5) is 0 Å². The molecule has 3 N–H and O–H groups in total. The lowest BCUT2D eigenvalue weighted by Gasteiger charge is -2.02. The van der Waals surface area contributed by atoms with Gasteiger partial charge in [-0.1, -0.05) is 0 Å². The molecule has 0 radical (unpaired) electrons. The minimum Gasteiger partial charge on any atom is -0.478 e. The molecule has 1 aromatic rings. The summed E-state index contributed by atoms with van der Waals surface area (Å²) in [5.74, 6) is -2.32. The predicted octanol–water partition coefficient (Wildman–Crippen LogP) is 0.411. The monoisotopic (exact) mass is 263 g/mol. The summed E-state index contributed by atoms with van der Waals surface area (Å²) in [5, 5.41) is 8.69. The fourth-order valence-electron chi connectivity index (χ4n) is 1.01. The summed E-state index contributed by atoms with van der Waals surface area (Å²) in [7, 11) is 0.925. The van der Waals surface area contributed by atoms with E-state index in [1.54, 1.807) is 0 Å². The van der Waals surface area contributed by atoms with E-state index in [4.69, 9.17) is 21.5 Å². The molecule has 86 valence electrons. The lowest BCUT2D eigenvalue weighted by atomic mass is 10.1. The van der Waals surface area contributed by atoms with Gasteiger partial charge < -0.3 is 10.8 Å². The number of carboxylic acids is 1. The molecule has 0 saturated heterocycles. The van der Waals surface area contributed by atoms with Gasteiger partial charge in [0.2, 0.25) is 5.91 Å². The largest absolute Gasteiger partial charge is 0.478 e. The number of nitrogens with two attached hydrogens (primary N) is 1. The van der Waals surface area contributed by atoms with E-state index in [0.29, 0.717) is 0 Å². The van der Waals surface area contributed by atoms with E-state index in [-0.39, 0.29) is 11.1 Å². The van der Waals surface area contributed by atoms with Crippen LogP contribution in [0.25, 0.3) is 0 Å². The van der Waals surface area contributed by atoms with Crippen LogP contribution in [-0.4, -0.2) is 25.4 Å². The molecule has 8 heteroatoms. The van der Waals surface area contributed by atoms with E-state index in [9.17, 15) is 18.0 Å². The van der Waals surface area contributed by atoms with Crippen molar-refractivity contribution in [2.24, 2.45) is 5.73 Å². The van der Waals surface area contributed by atoms with Gasteiger partial charge in [0.05, 0.1) is 10.5 Å². The van der Waals surface area contributed by atoms with Crippen LogP contribution in [0.2, 0.25) is 0 Å². The van der Waals surface area contributed by atoms with Crippen molar-refractivity contribution in [1.82, 2.24) is 0 Å². The first kappa shape index (κ1) is 12.5. The molecule has 0 spiro atoms. The molecule has 1 amide bonds. The fourth-order valence-corrected chi connectivity index (χ4v) is 1.81. The zero-order valence-electron chi connectivity index (χ0n) is 7.68.